The second-order valence-corrected chi connectivity index (χ2v) is 5.34. The summed E-state index contributed by atoms with van der Waals surface area (Å²) in [4.78, 5) is 16.6. The van der Waals surface area contributed by atoms with Gasteiger partial charge in [-0.05, 0) is 12.5 Å². The Hall–Kier alpha value is -1.92. The number of rotatable bonds is 4. The second-order valence-electron chi connectivity index (χ2n) is 3.90. The first-order valence-corrected chi connectivity index (χ1v) is 7.14. The number of halogens is 1. The Kier molecular flexibility index (Phi) is 4.70. The number of hydrogen-bond acceptors (Lipinski definition) is 5. The fourth-order valence-electron chi connectivity index (χ4n) is 1.58. The molecule has 0 fully saturated rings. The number of nitrogens with zero attached hydrogens (tertiary/aromatic N) is 2. The number of nitrogens with two attached hydrogens (primary N) is 1. The molecule has 104 valence electrons. The van der Waals surface area contributed by atoms with Crippen molar-refractivity contribution in [3.8, 4) is 0 Å². The molecule has 3 N–H and O–H groups in total. The number of aryl methyl sites for hydroxylation is 1. The lowest BCUT2D eigenvalue weighted by atomic mass is 10.2. The third kappa shape index (κ3) is 3.34. The van der Waals surface area contributed by atoms with Crippen LogP contribution < -0.4 is 11.2 Å². The van der Waals surface area contributed by atoms with Gasteiger partial charge in [0.15, 0.2) is 5.13 Å². The van der Waals surface area contributed by atoms with Crippen LogP contribution in [0, 0.1) is 0 Å². The molecule has 0 unspecified atom stereocenters. The average Bonchev–Trinajstić information content (AvgIpc) is 2.82. The van der Waals surface area contributed by atoms with E-state index in [1.165, 1.54) is 6.21 Å². The Balaban J connectivity index is 2.07. The number of hydrogen-bond donors (Lipinski definition) is 2. The van der Waals surface area contributed by atoms with Crippen molar-refractivity contribution < 1.29 is 4.79 Å². The standard InChI is InChI=1S/C13H13ClN4OS/c1-2-10-11(20-13(15)17-10)12(19)18-16-7-8-5-3-4-6-9(8)14/h3-7H,2H2,1H3,(H2,15,17)(H,18,19)/b16-7-. The summed E-state index contributed by atoms with van der Waals surface area (Å²) in [6.45, 7) is 1.91. The highest BCUT2D eigenvalue weighted by atomic mass is 35.5. The maximum atomic E-state index is 12.0. The third-order valence-corrected chi connectivity index (χ3v) is 3.80. The number of nitrogens with one attached hydrogen (secondary N) is 1. The minimum absolute atomic E-state index is 0.320. The number of anilines is 1. The second kappa shape index (κ2) is 6.49. The Labute approximate surface area is 125 Å². The minimum atomic E-state index is -0.320. The van der Waals surface area contributed by atoms with Crippen LogP contribution in [0.2, 0.25) is 5.02 Å². The van der Waals surface area contributed by atoms with E-state index >= 15 is 0 Å². The van der Waals surface area contributed by atoms with E-state index in [1.807, 2.05) is 19.1 Å². The van der Waals surface area contributed by atoms with E-state index in [4.69, 9.17) is 17.3 Å². The molecule has 1 aromatic heterocycles. The maximum Gasteiger partial charge on any atom is 0.283 e. The van der Waals surface area contributed by atoms with Crippen LogP contribution in [0.5, 0.6) is 0 Å². The van der Waals surface area contributed by atoms with E-state index in [2.05, 4.69) is 15.5 Å². The summed E-state index contributed by atoms with van der Waals surface area (Å²) in [6.07, 6.45) is 2.14. The molecule has 0 spiro atoms. The summed E-state index contributed by atoms with van der Waals surface area (Å²) < 4.78 is 0. The van der Waals surface area contributed by atoms with E-state index < -0.39 is 0 Å². The van der Waals surface area contributed by atoms with Crippen molar-refractivity contribution in [1.29, 1.82) is 0 Å². The summed E-state index contributed by atoms with van der Waals surface area (Å²) in [5.41, 5.74) is 9.46. The lowest BCUT2D eigenvalue weighted by molar-refractivity contribution is 0.0958. The summed E-state index contributed by atoms with van der Waals surface area (Å²) >= 11 is 7.13. The van der Waals surface area contributed by atoms with Crippen molar-refractivity contribution in [2.75, 3.05) is 5.73 Å². The van der Waals surface area contributed by atoms with Gasteiger partial charge in [0.2, 0.25) is 0 Å². The first-order chi connectivity index (χ1) is 9.61. The molecule has 0 aliphatic heterocycles. The number of carbonyl (C=O) groups is 1. The normalized spacial score (nSPS) is 10.9. The number of carbonyl (C=O) groups excluding carboxylic acids is 1. The van der Waals surface area contributed by atoms with Crippen LogP contribution in [0.15, 0.2) is 29.4 Å². The van der Waals surface area contributed by atoms with Gasteiger partial charge in [-0.25, -0.2) is 10.4 Å². The van der Waals surface area contributed by atoms with Crippen molar-refractivity contribution in [1.82, 2.24) is 10.4 Å². The van der Waals surface area contributed by atoms with Crippen LogP contribution in [0.1, 0.15) is 27.9 Å². The zero-order chi connectivity index (χ0) is 14.5. The number of hydrazone groups is 1. The monoisotopic (exact) mass is 308 g/mol. The van der Waals surface area contributed by atoms with Crippen LogP contribution >= 0.6 is 22.9 Å². The van der Waals surface area contributed by atoms with Crippen molar-refractivity contribution >= 4 is 40.2 Å². The molecule has 0 saturated heterocycles. The molecule has 0 atom stereocenters. The van der Waals surface area contributed by atoms with Gasteiger partial charge in [0.25, 0.3) is 5.91 Å². The van der Waals surface area contributed by atoms with E-state index in [0.717, 1.165) is 16.9 Å². The quantitative estimate of drug-likeness (QED) is 0.673. The topological polar surface area (TPSA) is 80.4 Å². The fraction of sp³-hybridized carbons (Fsp3) is 0.154. The van der Waals surface area contributed by atoms with Gasteiger partial charge >= 0.3 is 0 Å². The molecule has 1 amide bonds. The van der Waals surface area contributed by atoms with Gasteiger partial charge < -0.3 is 5.73 Å². The van der Waals surface area contributed by atoms with Crippen molar-refractivity contribution in [2.45, 2.75) is 13.3 Å². The van der Waals surface area contributed by atoms with Gasteiger partial charge in [0.05, 0.1) is 11.9 Å². The van der Waals surface area contributed by atoms with Gasteiger partial charge in [-0.15, -0.1) is 0 Å². The molecule has 0 aliphatic rings. The molecule has 0 radical (unpaired) electrons. The van der Waals surface area contributed by atoms with Crippen molar-refractivity contribution in [3.63, 3.8) is 0 Å². The largest absolute Gasteiger partial charge is 0.375 e. The zero-order valence-corrected chi connectivity index (χ0v) is 12.3. The van der Waals surface area contributed by atoms with Crippen molar-refractivity contribution in [3.05, 3.63) is 45.4 Å². The van der Waals surface area contributed by atoms with Crippen LogP contribution in [-0.2, 0) is 6.42 Å². The van der Waals surface area contributed by atoms with E-state index in [-0.39, 0.29) is 5.91 Å². The first-order valence-electron chi connectivity index (χ1n) is 5.95. The molecule has 1 heterocycles. The highest BCUT2D eigenvalue weighted by Gasteiger charge is 2.15. The molecule has 5 nitrogen and oxygen atoms in total. The maximum absolute atomic E-state index is 12.0. The predicted molar refractivity (Wildman–Crippen MR) is 82.4 cm³/mol. The zero-order valence-electron chi connectivity index (χ0n) is 10.8. The number of aromatic nitrogens is 1. The van der Waals surface area contributed by atoms with E-state index in [1.54, 1.807) is 12.1 Å². The minimum Gasteiger partial charge on any atom is -0.375 e. The van der Waals surface area contributed by atoms with Crippen LogP contribution in [0.4, 0.5) is 5.13 Å². The smallest absolute Gasteiger partial charge is 0.283 e. The number of benzene rings is 1. The molecule has 20 heavy (non-hydrogen) atoms. The van der Waals surface area contributed by atoms with E-state index in [9.17, 15) is 4.79 Å². The van der Waals surface area contributed by atoms with Gasteiger partial charge in [-0.3, -0.25) is 4.79 Å². The SMILES string of the molecule is CCc1nc(N)sc1C(=O)N/N=C\c1ccccc1Cl. The third-order valence-electron chi connectivity index (χ3n) is 2.53. The number of nitrogen functional groups attached to an aromatic ring is 1. The Morgan fingerprint density at radius 1 is 1.55 bits per heavy atom. The van der Waals surface area contributed by atoms with Gasteiger partial charge in [-0.2, -0.15) is 5.10 Å². The summed E-state index contributed by atoms with van der Waals surface area (Å²) in [6, 6.07) is 7.23. The summed E-state index contributed by atoms with van der Waals surface area (Å²) in [5.74, 6) is -0.320. The average molecular weight is 309 g/mol. The molecule has 1 aromatic carbocycles. The fourth-order valence-corrected chi connectivity index (χ4v) is 2.57. The lowest BCUT2D eigenvalue weighted by Gasteiger charge is -1.99. The lowest BCUT2D eigenvalue weighted by Crippen LogP contribution is -2.17. The molecule has 0 saturated carbocycles. The van der Waals surface area contributed by atoms with Gasteiger partial charge in [0.1, 0.15) is 4.88 Å². The number of amides is 1. The molecule has 2 rings (SSSR count). The number of thiazole rings is 1. The Bertz CT molecular complexity index is 654. The Morgan fingerprint density at radius 3 is 3.00 bits per heavy atom. The van der Waals surface area contributed by atoms with Gasteiger partial charge in [-0.1, -0.05) is 48.1 Å². The Morgan fingerprint density at radius 2 is 2.30 bits per heavy atom. The van der Waals surface area contributed by atoms with Crippen LogP contribution in [0.3, 0.4) is 0 Å². The van der Waals surface area contributed by atoms with Crippen LogP contribution in [0.25, 0.3) is 0 Å². The molecule has 0 bridgehead atoms. The predicted octanol–water partition coefficient (Wildman–Crippen LogP) is 2.71. The first kappa shape index (κ1) is 14.5. The van der Waals surface area contributed by atoms with E-state index in [0.29, 0.717) is 27.1 Å². The molecular weight excluding hydrogens is 296 g/mol. The molecule has 2 aromatic rings. The molecule has 7 heteroatoms. The van der Waals surface area contributed by atoms with Crippen LogP contribution in [-0.4, -0.2) is 17.1 Å². The highest BCUT2D eigenvalue weighted by Crippen LogP contribution is 2.20. The molecular formula is C13H13ClN4OS. The van der Waals surface area contributed by atoms with Gasteiger partial charge in [0, 0.05) is 10.6 Å². The molecule has 0 aliphatic carbocycles. The summed E-state index contributed by atoms with van der Waals surface area (Å²) in [5, 5.41) is 4.84. The van der Waals surface area contributed by atoms with Crippen molar-refractivity contribution in [2.24, 2.45) is 5.10 Å². The summed E-state index contributed by atoms with van der Waals surface area (Å²) in [7, 11) is 0. The highest BCUT2D eigenvalue weighted by molar-refractivity contribution is 7.17.